The lowest BCUT2D eigenvalue weighted by Crippen LogP contribution is -1.93. The summed E-state index contributed by atoms with van der Waals surface area (Å²) in [6, 6.07) is 44.1. The van der Waals surface area contributed by atoms with Crippen LogP contribution < -0.4 is 0 Å². The highest BCUT2D eigenvalue weighted by Gasteiger charge is 2.31. The van der Waals surface area contributed by atoms with Crippen molar-refractivity contribution in [3.05, 3.63) is 121 Å². The fourth-order valence-corrected chi connectivity index (χ4v) is 6.71. The van der Waals surface area contributed by atoms with Gasteiger partial charge in [0.05, 0.1) is 0 Å². The average Bonchev–Trinajstić information content (AvgIpc) is 3.67. The Morgan fingerprint density at radius 2 is 0.816 bits per heavy atom. The van der Waals surface area contributed by atoms with E-state index in [-0.39, 0.29) is 0 Å². The molecule has 2 nitrogen and oxygen atoms in total. The molecule has 0 atom stereocenters. The van der Waals surface area contributed by atoms with Crippen molar-refractivity contribution in [3.8, 4) is 44.8 Å². The second-order valence-corrected chi connectivity index (χ2v) is 10.3. The van der Waals surface area contributed by atoms with E-state index in [4.69, 9.17) is 0 Å². The third-order valence-corrected chi connectivity index (χ3v) is 8.26. The lowest BCUT2D eigenvalue weighted by Gasteiger charge is -2.19. The topological polar surface area (TPSA) is 31.6 Å². The van der Waals surface area contributed by atoms with Crippen LogP contribution >= 0.6 is 0 Å². The molecule has 2 aromatic heterocycles. The second-order valence-electron chi connectivity index (χ2n) is 10.3. The predicted molar refractivity (Wildman–Crippen MR) is 160 cm³/mol. The van der Waals surface area contributed by atoms with Crippen LogP contribution in [-0.4, -0.2) is 9.97 Å². The summed E-state index contributed by atoms with van der Waals surface area (Å²) in [5.41, 5.74) is 12.4. The van der Waals surface area contributed by atoms with Gasteiger partial charge in [0.25, 0.3) is 0 Å². The van der Waals surface area contributed by atoms with Crippen LogP contribution in [0.15, 0.2) is 121 Å². The van der Waals surface area contributed by atoms with Gasteiger partial charge in [0.1, 0.15) is 0 Å². The largest absolute Gasteiger partial charge is 0.354 e. The summed E-state index contributed by atoms with van der Waals surface area (Å²) in [6.45, 7) is 0. The van der Waals surface area contributed by atoms with Crippen molar-refractivity contribution in [1.82, 2.24) is 9.97 Å². The zero-order valence-corrected chi connectivity index (χ0v) is 20.5. The Hall–Kier alpha value is -5.08. The summed E-state index contributed by atoms with van der Waals surface area (Å²) in [5.74, 6) is 0. The molecule has 0 bridgehead atoms. The highest BCUT2D eigenvalue weighted by atomic mass is 14.7. The molecule has 9 rings (SSSR count). The average molecular weight is 483 g/mol. The van der Waals surface area contributed by atoms with Gasteiger partial charge < -0.3 is 9.97 Å². The molecule has 2 N–H and O–H groups in total. The van der Waals surface area contributed by atoms with E-state index in [1.54, 1.807) is 0 Å². The van der Waals surface area contributed by atoms with Gasteiger partial charge in [-0.05, 0) is 56.9 Å². The van der Waals surface area contributed by atoms with Gasteiger partial charge in [0.2, 0.25) is 0 Å². The van der Waals surface area contributed by atoms with E-state index in [2.05, 4.69) is 131 Å². The van der Waals surface area contributed by atoms with Crippen molar-refractivity contribution >= 4 is 43.4 Å². The van der Waals surface area contributed by atoms with Gasteiger partial charge in [-0.3, -0.25) is 0 Å². The predicted octanol–water partition coefficient (Wildman–Crippen LogP) is 9.94. The zero-order valence-electron chi connectivity index (χ0n) is 20.5. The quantitative estimate of drug-likeness (QED) is 0.246. The first kappa shape index (κ1) is 20.0. The lowest BCUT2D eigenvalue weighted by molar-refractivity contribution is 1.45. The Bertz CT molecular complexity index is 2020. The number of para-hydroxylation sites is 2. The van der Waals surface area contributed by atoms with Crippen molar-refractivity contribution in [2.75, 3.05) is 0 Å². The van der Waals surface area contributed by atoms with Gasteiger partial charge in [-0.2, -0.15) is 0 Å². The maximum absolute atomic E-state index is 3.77. The number of aromatic amines is 2. The molecule has 8 aromatic rings. The fraction of sp³-hybridized carbons (Fsp3) is 0. The molecular formula is C36H22N2. The first-order chi connectivity index (χ1) is 18.8. The number of hydrogen-bond acceptors (Lipinski definition) is 0. The molecule has 0 spiro atoms. The van der Waals surface area contributed by atoms with Crippen molar-refractivity contribution < 1.29 is 0 Å². The van der Waals surface area contributed by atoms with Crippen LogP contribution in [0.3, 0.4) is 0 Å². The standard InChI is InChI=1S/C36H22N2/c1-5-17-28-22(9-1)19-30(37-28)33-24-13-3-4-14-25(24)34(31-20-23-10-2-6-18-29(23)38-31)36-27-16-8-12-21-11-7-15-26(32(21)27)35(33)36/h1-20,37-38H. The van der Waals surface area contributed by atoms with Gasteiger partial charge in [-0.15, -0.1) is 0 Å². The maximum atomic E-state index is 3.77. The molecule has 6 aromatic carbocycles. The number of benzene rings is 6. The smallest absolute Gasteiger partial charge is 0.0477 e. The third kappa shape index (κ3) is 2.56. The van der Waals surface area contributed by atoms with Crippen LogP contribution in [0.25, 0.3) is 88.1 Å². The first-order valence-corrected chi connectivity index (χ1v) is 13.1. The van der Waals surface area contributed by atoms with Crippen molar-refractivity contribution in [1.29, 1.82) is 0 Å². The summed E-state index contributed by atoms with van der Waals surface area (Å²) in [5, 5.41) is 7.61. The Morgan fingerprint density at radius 1 is 0.368 bits per heavy atom. The Kier molecular flexibility index (Phi) is 3.82. The van der Waals surface area contributed by atoms with Crippen LogP contribution in [0.5, 0.6) is 0 Å². The summed E-state index contributed by atoms with van der Waals surface area (Å²) >= 11 is 0. The molecule has 1 aliphatic carbocycles. The molecule has 0 amide bonds. The minimum atomic E-state index is 1.16. The molecule has 38 heavy (non-hydrogen) atoms. The minimum absolute atomic E-state index is 1.16. The Morgan fingerprint density at radius 3 is 1.32 bits per heavy atom. The van der Waals surface area contributed by atoms with E-state index >= 15 is 0 Å². The van der Waals surface area contributed by atoms with Crippen LogP contribution in [0, 0.1) is 0 Å². The number of nitrogens with one attached hydrogen (secondary N) is 2. The zero-order chi connectivity index (χ0) is 24.8. The van der Waals surface area contributed by atoms with E-state index < -0.39 is 0 Å². The van der Waals surface area contributed by atoms with E-state index in [1.807, 2.05) is 0 Å². The third-order valence-electron chi connectivity index (χ3n) is 8.26. The van der Waals surface area contributed by atoms with Crippen molar-refractivity contribution in [2.24, 2.45) is 0 Å². The number of hydrogen-bond donors (Lipinski definition) is 2. The van der Waals surface area contributed by atoms with E-state index in [0.717, 1.165) is 22.4 Å². The van der Waals surface area contributed by atoms with Crippen LogP contribution in [0.4, 0.5) is 0 Å². The van der Waals surface area contributed by atoms with Gasteiger partial charge in [0.15, 0.2) is 0 Å². The highest BCUT2D eigenvalue weighted by Crippen LogP contribution is 2.57. The molecule has 2 heteroatoms. The molecule has 0 saturated heterocycles. The van der Waals surface area contributed by atoms with Crippen LogP contribution in [0.1, 0.15) is 0 Å². The number of aromatic nitrogens is 2. The monoisotopic (exact) mass is 482 g/mol. The normalized spacial score (nSPS) is 12.2. The molecule has 0 unspecified atom stereocenters. The minimum Gasteiger partial charge on any atom is -0.354 e. The summed E-state index contributed by atoms with van der Waals surface area (Å²) in [6.07, 6.45) is 0. The molecule has 0 fully saturated rings. The Labute approximate surface area is 219 Å². The number of fused-ring (bicyclic) bond motifs is 6. The highest BCUT2D eigenvalue weighted by molar-refractivity contribution is 6.27. The number of H-pyrrole nitrogens is 2. The summed E-state index contributed by atoms with van der Waals surface area (Å²) < 4.78 is 0. The van der Waals surface area contributed by atoms with E-state index in [9.17, 15) is 0 Å². The van der Waals surface area contributed by atoms with Crippen LogP contribution in [0.2, 0.25) is 0 Å². The summed E-state index contributed by atoms with van der Waals surface area (Å²) in [4.78, 5) is 7.53. The van der Waals surface area contributed by atoms with Crippen molar-refractivity contribution in [3.63, 3.8) is 0 Å². The van der Waals surface area contributed by atoms with Gasteiger partial charge >= 0.3 is 0 Å². The van der Waals surface area contributed by atoms with Gasteiger partial charge in [-0.25, -0.2) is 0 Å². The Balaban J connectivity index is 1.52. The SMILES string of the molecule is c1ccc2[nH]c(-c3c4c(c(-c5cc6ccccc6[nH]5)c5ccccc35)-c3cccc5cccc-4c35)cc2c1. The maximum Gasteiger partial charge on any atom is 0.0477 e. The molecule has 1 aliphatic rings. The molecular weight excluding hydrogens is 460 g/mol. The fourth-order valence-electron chi connectivity index (χ4n) is 6.71. The lowest BCUT2D eigenvalue weighted by atomic mass is 9.85. The summed E-state index contributed by atoms with van der Waals surface area (Å²) in [7, 11) is 0. The molecule has 0 saturated carbocycles. The molecule has 176 valence electrons. The van der Waals surface area contributed by atoms with E-state index in [0.29, 0.717) is 0 Å². The van der Waals surface area contributed by atoms with Crippen LogP contribution in [-0.2, 0) is 0 Å². The molecule has 0 aliphatic heterocycles. The van der Waals surface area contributed by atoms with E-state index in [1.165, 1.54) is 65.7 Å². The van der Waals surface area contributed by atoms with Gasteiger partial charge in [0, 0.05) is 55.4 Å². The molecule has 0 radical (unpaired) electrons. The van der Waals surface area contributed by atoms with Gasteiger partial charge in [-0.1, -0.05) is 97.1 Å². The number of rotatable bonds is 2. The first-order valence-electron chi connectivity index (χ1n) is 13.1. The molecule has 2 heterocycles. The second kappa shape index (κ2) is 7.24. The van der Waals surface area contributed by atoms with Crippen molar-refractivity contribution in [2.45, 2.75) is 0 Å².